The topological polar surface area (TPSA) is 64.8 Å². The molecule has 5 rings (SSSR count). The largest absolute Gasteiger partial charge is 0.486 e. The Hall–Kier alpha value is -3.28. The second-order valence-electron chi connectivity index (χ2n) is 6.76. The number of aromatic nitrogens is 1. The number of benzene rings is 2. The Kier molecular flexibility index (Phi) is 3.63. The van der Waals surface area contributed by atoms with Crippen molar-refractivity contribution in [3.05, 3.63) is 60.1 Å². The maximum absolute atomic E-state index is 13.2. The average Bonchev–Trinajstić information content (AvgIpc) is 3.33. The second kappa shape index (κ2) is 6.16. The molecule has 2 aliphatic rings. The predicted molar refractivity (Wildman–Crippen MR) is 99.5 cm³/mol. The van der Waals surface area contributed by atoms with Crippen LogP contribution in [0.2, 0.25) is 0 Å². The van der Waals surface area contributed by atoms with E-state index in [9.17, 15) is 4.79 Å². The Bertz CT molecular complexity index is 1030. The number of para-hydroxylation sites is 1. The number of carbonyl (C=O) groups excluding carboxylic acids is 1. The van der Waals surface area contributed by atoms with E-state index in [0.717, 1.165) is 11.3 Å². The first-order valence-electron chi connectivity index (χ1n) is 8.96. The number of nitrogens with zero attached hydrogens (tertiary/aromatic N) is 2. The summed E-state index contributed by atoms with van der Waals surface area (Å²) in [6, 6.07) is 13.5. The fourth-order valence-electron chi connectivity index (χ4n) is 3.73. The van der Waals surface area contributed by atoms with Crippen LogP contribution < -0.4 is 14.4 Å². The van der Waals surface area contributed by atoms with Crippen molar-refractivity contribution in [2.24, 2.45) is 0 Å². The monoisotopic (exact) mass is 362 g/mol. The molecular formula is C21H18N2O4. The first-order chi connectivity index (χ1) is 13.2. The minimum absolute atomic E-state index is 0.162. The van der Waals surface area contributed by atoms with Gasteiger partial charge in [-0.15, -0.1) is 0 Å². The summed E-state index contributed by atoms with van der Waals surface area (Å²) in [6.07, 6.45) is 1.31. The number of fused-ring (bicyclic) bond motifs is 2. The van der Waals surface area contributed by atoms with Crippen molar-refractivity contribution >= 4 is 11.6 Å². The molecule has 136 valence electrons. The van der Waals surface area contributed by atoms with Crippen LogP contribution in [0.15, 0.2) is 53.3 Å². The minimum Gasteiger partial charge on any atom is -0.486 e. The number of hydrogen-bond donors (Lipinski definition) is 0. The van der Waals surface area contributed by atoms with Crippen LogP contribution in [0.3, 0.4) is 0 Å². The van der Waals surface area contributed by atoms with Crippen LogP contribution in [0, 0.1) is 0 Å². The predicted octanol–water partition coefficient (Wildman–Crippen LogP) is 3.88. The van der Waals surface area contributed by atoms with Gasteiger partial charge in [0.25, 0.3) is 5.91 Å². The number of amides is 1. The Morgan fingerprint density at radius 1 is 1.11 bits per heavy atom. The van der Waals surface area contributed by atoms with Gasteiger partial charge in [0, 0.05) is 23.7 Å². The van der Waals surface area contributed by atoms with Gasteiger partial charge in [-0.2, -0.15) is 0 Å². The molecule has 0 saturated heterocycles. The van der Waals surface area contributed by atoms with Crippen LogP contribution in [0.1, 0.15) is 28.9 Å². The molecule has 0 aliphatic carbocycles. The lowest BCUT2D eigenvalue weighted by Gasteiger charge is -2.19. The molecule has 0 radical (unpaired) electrons. The molecule has 0 spiro atoms. The van der Waals surface area contributed by atoms with Gasteiger partial charge in [-0.1, -0.05) is 25.1 Å². The second-order valence-corrected chi connectivity index (χ2v) is 6.76. The van der Waals surface area contributed by atoms with E-state index in [2.05, 4.69) is 18.0 Å². The number of anilines is 1. The Labute approximate surface area is 156 Å². The van der Waals surface area contributed by atoms with Crippen molar-refractivity contribution in [1.82, 2.24) is 4.98 Å². The van der Waals surface area contributed by atoms with Gasteiger partial charge in [-0.25, -0.2) is 4.98 Å². The van der Waals surface area contributed by atoms with Crippen molar-refractivity contribution in [2.45, 2.75) is 12.8 Å². The summed E-state index contributed by atoms with van der Waals surface area (Å²) in [6.45, 7) is 3.79. The molecule has 1 aromatic heterocycles. The first kappa shape index (κ1) is 15.9. The standard InChI is InChI=1S/C21H18N2O4/c1-13-11-23(16-5-3-2-4-15(13)16)21(24)19-20(27-12-22-19)14-6-7-17-18(10-14)26-9-8-25-17/h2-7,10,12-13H,8-9,11H2,1H3/t13-/m1/s1. The summed E-state index contributed by atoms with van der Waals surface area (Å²) in [4.78, 5) is 19.2. The molecule has 2 aliphatic heterocycles. The van der Waals surface area contributed by atoms with Gasteiger partial charge in [0.05, 0.1) is 0 Å². The van der Waals surface area contributed by atoms with Crippen molar-refractivity contribution in [3.63, 3.8) is 0 Å². The van der Waals surface area contributed by atoms with Gasteiger partial charge in [0.2, 0.25) is 0 Å². The van der Waals surface area contributed by atoms with Crippen LogP contribution in [-0.4, -0.2) is 30.6 Å². The molecule has 0 fully saturated rings. The third-order valence-corrected chi connectivity index (χ3v) is 5.03. The molecule has 0 unspecified atom stereocenters. The van der Waals surface area contributed by atoms with Crippen LogP contribution in [-0.2, 0) is 0 Å². The Morgan fingerprint density at radius 2 is 1.93 bits per heavy atom. The summed E-state index contributed by atoms with van der Waals surface area (Å²) >= 11 is 0. The number of ether oxygens (including phenoxy) is 2. The van der Waals surface area contributed by atoms with E-state index >= 15 is 0 Å². The molecule has 3 aromatic rings. The molecule has 0 saturated carbocycles. The summed E-state index contributed by atoms with van der Waals surface area (Å²) in [5.74, 6) is 1.91. The smallest absolute Gasteiger partial charge is 0.280 e. The quantitative estimate of drug-likeness (QED) is 0.692. The van der Waals surface area contributed by atoms with Crippen LogP contribution in [0.5, 0.6) is 11.5 Å². The SMILES string of the molecule is C[C@@H]1CN(C(=O)c2ncoc2-c2ccc3c(c2)OCCO3)c2ccccc21. The molecule has 1 amide bonds. The van der Waals surface area contributed by atoms with Gasteiger partial charge < -0.3 is 18.8 Å². The lowest BCUT2D eigenvalue weighted by Crippen LogP contribution is -2.30. The minimum atomic E-state index is -0.162. The molecular weight excluding hydrogens is 344 g/mol. The summed E-state index contributed by atoms with van der Waals surface area (Å²) in [5.41, 5.74) is 3.15. The highest BCUT2D eigenvalue weighted by Gasteiger charge is 2.33. The fraction of sp³-hybridized carbons (Fsp3) is 0.238. The maximum atomic E-state index is 13.2. The molecule has 1 atom stereocenters. The Balaban J connectivity index is 1.52. The number of oxazole rings is 1. The van der Waals surface area contributed by atoms with E-state index in [1.807, 2.05) is 36.4 Å². The van der Waals surface area contributed by atoms with Crippen LogP contribution in [0.4, 0.5) is 5.69 Å². The van der Waals surface area contributed by atoms with E-state index in [1.165, 1.54) is 12.0 Å². The molecule has 0 bridgehead atoms. The lowest BCUT2D eigenvalue weighted by atomic mass is 10.0. The third kappa shape index (κ3) is 2.56. The summed E-state index contributed by atoms with van der Waals surface area (Å²) < 4.78 is 16.8. The van der Waals surface area contributed by atoms with E-state index in [-0.39, 0.29) is 11.8 Å². The van der Waals surface area contributed by atoms with Crippen molar-refractivity contribution in [3.8, 4) is 22.8 Å². The van der Waals surface area contributed by atoms with Gasteiger partial charge in [0.15, 0.2) is 29.3 Å². The first-order valence-corrected chi connectivity index (χ1v) is 8.96. The summed E-state index contributed by atoms with van der Waals surface area (Å²) in [7, 11) is 0. The third-order valence-electron chi connectivity index (χ3n) is 5.03. The highest BCUT2D eigenvalue weighted by molar-refractivity contribution is 6.09. The zero-order chi connectivity index (χ0) is 18.4. The van der Waals surface area contributed by atoms with Crippen molar-refractivity contribution in [2.75, 3.05) is 24.7 Å². The molecule has 2 aromatic carbocycles. The van der Waals surface area contributed by atoms with Crippen LogP contribution in [0.25, 0.3) is 11.3 Å². The highest BCUT2D eigenvalue weighted by Crippen LogP contribution is 2.39. The fourth-order valence-corrected chi connectivity index (χ4v) is 3.73. The Morgan fingerprint density at radius 3 is 2.81 bits per heavy atom. The molecule has 0 N–H and O–H groups in total. The average molecular weight is 362 g/mol. The molecule has 6 heteroatoms. The maximum Gasteiger partial charge on any atom is 0.280 e. The van der Waals surface area contributed by atoms with Crippen molar-refractivity contribution < 1.29 is 18.7 Å². The van der Waals surface area contributed by atoms with E-state index in [0.29, 0.717) is 42.7 Å². The zero-order valence-electron chi connectivity index (χ0n) is 14.8. The van der Waals surface area contributed by atoms with Gasteiger partial charge in [0.1, 0.15) is 13.2 Å². The van der Waals surface area contributed by atoms with Gasteiger partial charge in [-0.3, -0.25) is 4.79 Å². The highest BCUT2D eigenvalue weighted by atomic mass is 16.6. The normalized spacial score (nSPS) is 17.7. The van der Waals surface area contributed by atoms with Crippen LogP contribution >= 0.6 is 0 Å². The van der Waals surface area contributed by atoms with E-state index in [4.69, 9.17) is 13.9 Å². The molecule has 3 heterocycles. The number of carbonyl (C=O) groups is 1. The zero-order valence-corrected chi connectivity index (χ0v) is 14.8. The molecule has 27 heavy (non-hydrogen) atoms. The van der Waals surface area contributed by atoms with Gasteiger partial charge in [-0.05, 0) is 29.8 Å². The molecule has 6 nitrogen and oxygen atoms in total. The van der Waals surface area contributed by atoms with E-state index < -0.39 is 0 Å². The van der Waals surface area contributed by atoms with Crippen molar-refractivity contribution in [1.29, 1.82) is 0 Å². The van der Waals surface area contributed by atoms with E-state index in [1.54, 1.807) is 4.90 Å². The number of hydrogen-bond acceptors (Lipinski definition) is 5. The summed E-state index contributed by atoms with van der Waals surface area (Å²) in [5, 5.41) is 0. The van der Waals surface area contributed by atoms with Gasteiger partial charge >= 0.3 is 0 Å². The number of rotatable bonds is 2. The lowest BCUT2D eigenvalue weighted by molar-refractivity contribution is 0.0984.